The second-order valence-corrected chi connectivity index (χ2v) is 9.22. The van der Waals surface area contributed by atoms with E-state index in [1.54, 1.807) is 30.3 Å². The van der Waals surface area contributed by atoms with Gasteiger partial charge in [0.1, 0.15) is 5.82 Å². The van der Waals surface area contributed by atoms with Gasteiger partial charge in [0.05, 0.1) is 0 Å². The normalized spacial score (nSPS) is 12.6. The molecule has 38 heavy (non-hydrogen) atoms. The van der Waals surface area contributed by atoms with Crippen molar-refractivity contribution in [1.29, 1.82) is 5.41 Å². The van der Waals surface area contributed by atoms with Crippen molar-refractivity contribution in [3.8, 4) is 0 Å². The molecule has 4 rings (SSSR count). The van der Waals surface area contributed by atoms with E-state index >= 15 is 0 Å². The van der Waals surface area contributed by atoms with E-state index in [-0.39, 0.29) is 36.1 Å². The number of aromatic amines is 1. The molecule has 1 aromatic heterocycles. The molecular formula is C28H28ClFN6O2. The lowest BCUT2D eigenvalue weighted by molar-refractivity contribution is -0.144. The van der Waals surface area contributed by atoms with E-state index in [0.717, 1.165) is 22.5 Å². The first kappa shape index (κ1) is 26.7. The van der Waals surface area contributed by atoms with Crippen molar-refractivity contribution in [3.63, 3.8) is 0 Å². The highest BCUT2D eigenvalue weighted by Crippen LogP contribution is 2.40. The van der Waals surface area contributed by atoms with Gasteiger partial charge in [-0.3, -0.25) is 15.0 Å². The molecule has 1 atom stereocenters. The lowest BCUT2D eigenvalue weighted by atomic mass is 9.79. The minimum Gasteiger partial charge on any atom is -0.370 e. The molecule has 0 spiro atoms. The number of nitrogens with zero attached hydrogens (tertiary/aromatic N) is 1. The third-order valence-electron chi connectivity index (χ3n) is 6.51. The summed E-state index contributed by atoms with van der Waals surface area (Å²) in [5.41, 5.74) is 12.2. The van der Waals surface area contributed by atoms with Gasteiger partial charge < -0.3 is 26.7 Å². The summed E-state index contributed by atoms with van der Waals surface area (Å²) in [4.78, 5) is 32.0. The van der Waals surface area contributed by atoms with Crippen LogP contribution in [0.5, 0.6) is 0 Å². The second-order valence-electron chi connectivity index (χ2n) is 8.81. The zero-order valence-electron chi connectivity index (χ0n) is 20.5. The topological polar surface area (TPSA) is 141 Å². The molecule has 1 heterocycles. The van der Waals surface area contributed by atoms with Crippen LogP contribution in [0.4, 0.5) is 4.39 Å². The van der Waals surface area contributed by atoms with Gasteiger partial charge in [-0.05, 0) is 35.7 Å². The number of halogens is 2. The quantitative estimate of drug-likeness (QED) is 0.156. The number of hydrogen-bond donors (Lipinski definition) is 5. The molecule has 0 saturated carbocycles. The van der Waals surface area contributed by atoms with Gasteiger partial charge in [-0.2, -0.15) is 0 Å². The summed E-state index contributed by atoms with van der Waals surface area (Å²) in [6.45, 7) is 0.158. The third kappa shape index (κ3) is 5.19. The number of guanidine groups is 1. The van der Waals surface area contributed by atoms with E-state index in [9.17, 15) is 14.0 Å². The van der Waals surface area contributed by atoms with Crippen LogP contribution >= 0.6 is 11.6 Å². The first-order valence-corrected chi connectivity index (χ1v) is 12.4. The van der Waals surface area contributed by atoms with E-state index in [4.69, 9.17) is 28.5 Å². The van der Waals surface area contributed by atoms with Gasteiger partial charge in [0.2, 0.25) is 5.91 Å². The van der Waals surface area contributed by atoms with E-state index in [2.05, 4.69) is 10.3 Å². The molecule has 7 N–H and O–H groups in total. The Morgan fingerprint density at radius 3 is 2.45 bits per heavy atom. The average molecular weight is 535 g/mol. The molecule has 0 aliphatic heterocycles. The van der Waals surface area contributed by atoms with E-state index in [0.29, 0.717) is 12.0 Å². The number of para-hydroxylation sites is 1. The van der Waals surface area contributed by atoms with Crippen LogP contribution in [0, 0.1) is 11.2 Å². The fraction of sp³-hybridized carbons (Fsp3) is 0.179. The molecule has 0 radical (unpaired) electrons. The smallest absolute Gasteiger partial charge is 0.252 e. The maximum absolute atomic E-state index is 14.1. The summed E-state index contributed by atoms with van der Waals surface area (Å²) >= 11 is 6.53. The van der Waals surface area contributed by atoms with Crippen molar-refractivity contribution in [2.45, 2.75) is 18.4 Å². The predicted octanol–water partition coefficient (Wildman–Crippen LogP) is 3.63. The highest BCUT2D eigenvalue weighted by atomic mass is 35.5. The summed E-state index contributed by atoms with van der Waals surface area (Å²) in [5, 5.41) is 11.0. The van der Waals surface area contributed by atoms with E-state index < -0.39 is 23.2 Å². The molecule has 1 unspecified atom stereocenters. The Morgan fingerprint density at radius 1 is 1.05 bits per heavy atom. The number of rotatable bonds is 10. The van der Waals surface area contributed by atoms with Crippen molar-refractivity contribution >= 4 is 40.3 Å². The fourth-order valence-electron chi connectivity index (χ4n) is 4.82. The zero-order valence-corrected chi connectivity index (χ0v) is 21.3. The van der Waals surface area contributed by atoms with Gasteiger partial charge >= 0.3 is 0 Å². The number of primary amides is 1. The first-order chi connectivity index (χ1) is 18.2. The largest absolute Gasteiger partial charge is 0.370 e. The Bertz CT molecular complexity index is 1470. The monoisotopic (exact) mass is 534 g/mol. The summed E-state index contributed by atoms with van der Waals surface area (Å²) in [6.07, 6.45) is 2.16. The molecule has 0 fully saturated rings. The molecule has 4 aromatic rings. The molecule has 10 heteroatoms. The van der Waals surface area contributed by atoms with Crippen molar-refractivity contribution in [2.75, 3.05) is 13.1 Å². The average Bonchev–Trinajstić information content (AvgIpc) is 3.30. The van der Waals surface area contributed by atoms with Crippen LogP contribution in [0.1, 0.15) is 23.1 Å². The van der Waals surface area contributed by atoms with Crippen molar-refractivity contribution in [3.05, 3.63) is 107 Å². The Kier molecular flexibility index (Phi) is 7.97. The van der Waals surface area contributed by atoms with Crippen LogP contribution in [0.25, 0.3) is 10.9 Å². The van der Waals surface area contributed by atoms with E-state index in [1.165, 1.54) is 17.0 Å². The SMILES string of the molecule is N=C(N)NCCC(=O)N(CCc1c[nH]c2ccccc12)C(C(N)=O)(c1ccccc1)c1ccc(F)cc1Cl. The van der Waals surface area contributed by atoms with Crippen molar-refractivity contribution in [2.24, 2.45) is 11.5 Å². The number of nitrogens with two attached hydrogens (primary N) is 2. The van der Waals surface area contributed by atoms with Crippen LogP contribution in [-0.4, -0.2) is 40.7 Å². The number of aromatic nitrogens is 1. The number of H-pyrrole nitrogens is 1. The minimum absolute atomic E-state index is 0.0422. The standard InChI is InChI=1S/C28H28ClFN6O2/c29-23-16-20(30)10-11-22(23)28(26(31)38,19-6-2-1-3-7-19)36(25(37)12-14-34-27(32)33)15-13-18-17-35-24-9-5-4-8-21(18)24/h1-11,16-17,35H,12-15H2,(H2,31,38)(H4,32,33,34). The fourth-order valence-corrected chi connectivity index (χ4v) is 5.12. The van der Waals surface area contributed by atoms with Crippen molar-refractivity contribution in [1.82, 2.24) is 15.2 Å². The van der Waals surface area contributed by atoms with E-state index in [1.807, 2.05) is 30.5 Å². The zero-order chi connectivity index (χ0) is 27.3. The number of amides is 2. The molecule has 0 saturated heterocycles. The molecule has 0 aliphatic carbocycles. The Labute approximate surface area is 224 Å². The number of hydrogen-bond acceptors (Lipinski definition) is 3. The van der Waals surface area contributed by atoms with Gasteiger partial charge in [0.15, 0.2) is 11.5 Å². The highest BCUT2D eigenvalue weighted by molar-refractivity contribution is 6.32. The van der Waals surface area contributed by atoms with Crippen LogP contribution in [0.15, 0.2) is 79.0 Å². The number of fused-ring (bicyclic) bond motifs is 1. The molecular weight excluding hydrogens is 507 g/mol. The maximum Gasteiger partial charge on any atom is 0.252 e. The first-order valence-electron chi connectivity index (χ1n) is 12.0. The van der Waals surface area contributed by atoms with Gasteiger partial charge in [-0.15, -0.1) is 0 Å². The molecule has 0 aliphatic rings. The summed E-state index contributed by atoms with van der Waals surface area (Å²) in [5.74, 6) is -2.15. The third-order valence-corrected chi connectivity index (χ3v) is 6.82. The van der Waals surface area contributed by atoms with Crippen LogP contribution < -0.4 is 16.8 Å². The number of carbonyl (C=O) groups is 2. The molecule has 196 valence electrons. The Hall–Kier alpha value is -4.37. The van der Waals surface area contributed by atoms with Gasteiger partial charge in [-0.1, -0.05) is 66.2 Å². The van der Waals surface area contributed by atoms with Crippen LogP contribution in [0.2, 0.25) is 5.02 Å². The van der Waals surface area contributed by atoms with Gasteiger partial charge in [-0.25, -0.2) is 4.39 Å². The number of nitrogens with one attached hydrogen (secondary N) is 3. The summed E-state index contributed by atoms with van der Waals surface area (Å²) in [6, 6.07) is 20.0. The van der Waals surface area contributed by atoms with Crippen LogP contribution in [-0.2, 0) is 21.5 Å². The summed E-state index contributed by atoms with van der Waals surface area (Å²) < 4.78 is 14.1. The number of carbonyl (C=O) groups excluding carboxylic acids is 2. The molecule has 8 nitrogen and oxygen atoms in total. The predicted molar refractivity (Wildman–Crippen MR) is 146 cm³/mol. The minimum atomic E-state index is -1.84. The number of benzene rings is 3. The lowest BCUT2D eigenvalue weighted by Crippen LogP contribution is -2.59. The van der Waals surface area contributed by atoms with Crippen molar-refractivity contribution < 1.29 is 14.0 Å². The Morgan fingerprint density at radius 2 is 1.76 bits per heavy atom. The second kappa shape index (κ2) is 11.4. The lowest BCUT2D eigenvalue weighted by Gasteiger charge is -2.43. The Balaban J connectivity index is 1.87. The van der Waals surface area contributed by atoms with Crippen LogP contribution in [0.3, 0.4) is 0 Å². The highest BCUT2D eigenvalue weighted by Gasteiger charge is 2.49. The summed E-state index contributed by atoms with van der Waals surface area (Å²) in [7, 11) is 0. The van der Waals surface area contributed by atoms with Gasteiger partial charge in [0.25, 0.3) is 5.91 Å². The maximum atomic E-state index is 14.1. The molecule has 2 amide bonds. The molecule has 0 bridgehead atoms. The van der Waals surface area contributed by atoms with Gasteiger partial charge in [0, 0.05) is 47.2 Å². The molecule has 3 aromatic carbocycles.